The predicted molar refractivity (Wildman–Crippen MR) is 41.4 cm³/mol. The molecule has 1 heterocycles. The van der Waals surface area contributed by atoms with Crippen LogP contribution in [0.25, 0.3) is 0 Å². The summed E-state index contributed by atoms with van der Waals surface area (Å²) < 4.78 is 1.65. The van der Waals surface area contributed by atoms with E-state index < -0.39 is 0 Å². The third-order valence-electron chi connectivity index (χ3n) is 1.48. The van der Waals surface area contributed by atoms with E-state index in [1.807, 2.05) is 0 Å². The molecule has 1 saturated heterocycles. The van der Waals surface area contributed by atoms with Crippen LogP contribution in [0.3, 0.4) is 0 Å². The predicted octanol–water partition coefficient (Wildman–Crippen LogP) is 1.40. The number of hydrogen-bond donors (Lipinski definition) is 0. The van der Waals surface area contributed by atoms with Gasteiger partial charge in [-0.3, -0.25) is 0 Å². The molecule has 0 atom stereocenters. The van der Waals surface area contributed by atoms with Gasteiger partial charge in [0, 0.05) is 0 Å². The Bertz CT molecular complexity index is 189. The molecule has 9 heavy (non-hydrogen) atoms. The maximum absolute atomic E-state index is 2.28. The molecule has 1 aliphatic rings. The summed E-state index contributed by atoms with van der Waals surface area (Å²) in [6.45, 7) is 0. The normalized spacial score (nSPS) is 17.8. The summed E-state index contributed by atoms with van der Waals surface area (Å²) in [5, 5.41) is 3.06. The molecule has 1 fully saturated rings. The van der Waals surface area contributed by atoms with Crippen molar-refractivity contribution < 1.29 is 0 Å². The van der Waals surface area contributed by atoms with Crippen LogP contribution in [0.5, 0.6) is 0 Å². The fourth-order valence-corrected chi connectivity index (χ4v) is 4.10. The van der Waals surface area contributed by atoms with Crippen LogP contribution in [-0.4, -0.2) is 13.9 Å². The Hall–Kier alpha value is -0.261. The van der Waals surface area contributed by atoms with E-state index in [0.29, 0.717) is 0 Å². The molecule has 2 rings (SSSR count). The van der Waals surface area contributed by atoms with Gasteiger partial charge in [0.15, 0.2) is 0 Å². The van der Waals surface area contributed by atoms with Gasteiger partial charge in [-0.2, -0.15) is 0 Å². The van der Waals surface area contributed by atoms with Crippen molar-refractivity contribution >= 4 is 18.4 Å². The van der Waals surface area contributed by atoms with Gasteiger partial charge >= 0.3 is 59.3 Å². The van der Waals surface area contributed by atoms with Crippen LogP contribution in [0.4, 0.5) is 0 Å². The van der Waals surface area contributed by atoms with Crippen molar-refractivity contribution in [1.29, 1.82) is 0 Å². The van der Waals surface area contributed by atoms with E-state index in [2.05, 4.69) is 30.3 Å². The minimum absolute atomic E-state index is 0.160. The summed E-state index contributed by atoms with van der Waals surface area (Å²) >= 11 is -0.160. The average molecular weight is 184 g/mol. The molecule has 0 N–H and O–H groups in total. The van der Waals surface area contributed by atoms with Crippen LogP contribution in [0.15, 0.2) is 30.3 Å². The first kappa shape index (κ1) is 5.52. The van der Waals surface area contributed by atoms with E-state index in [1.165, 1.54) is 10.6 Å². The van der Waals surface area contributed by atoms with Gasteiger partial charge in [0.05, 0.1) is 0 Å². The summed E-state index contributed by atoms with van der Waals surface area (Å²) in [5.74, 6) is 0. The summed E-state index contributed by atoms with van der Waals surface area (Å²) in [6, 6.07) is 10.9. The summed E-state index contributed by atoms with van der Waals surface area (Å²) in [5.41, 5.74) is 0. The topological polar surface area (TPSA) is 0 Å². The third kappa shape index (κ3) is 1.17. The fraction of sp³-hybridized carbons (Fsp3) is 0.250. The molecule has 0 bridgehead atoms. The van der Waals surface area contributed by atoms with Crippen LogP contribution >= 0.6 is 0 Å². The van der Waals surface area contributed by atoms with E-state index in [4.69, 9.17) is 0 Å². The average Bonchev–Trinajstić information content (AvgIpc) is 2.71. The molecule has 1 aromatic rings. The zero-order valence-electron chi connectivity index (χ0n) is 5.21. The molecular formula is C8H9Se+. The summed E-state index contributed by atoms with van der Waals surface area (Å²) in [7, 11) is 0. The van der Waals surface area contributed by atoms with Crippen LogP contribution in [0.2, 0.25) is 10.6 Å². The monoisotopic (exact) mass is 185 g/mol. The molecule has 46 valence electrons. The molecule has 0 amide bonds. The summed E-state index contributed by atoms with van der Waals surface area (Å²) in [4.78, 5) is 0. The van der Waals surface area contributed by atoms with Crippen molar-refractivity contribution in [3.05, 3.63) is 30.3 Å². The van der Waals surface area contributed by atoms with Crippen LogP contribution in [0, 0.1) is 0 Å². The van der Waals surface area contributed by atoms with Crippen molar-refractivity contribution in [2.24, 2.45) is 0 Å². The quantitative estimate of drug-likeness (QED) is 0.579. The molecule has 0 nitrogen and oxygen atoms in total. The van der Waals surface area contributed by atoms with Crippen LogP contribution in [-0.2, 0) is 0 Å². The van der Waals surface area contributed by atoms with E-state index in [1.54, 1.807) is 4.46 Å². The SMILES string of the molecule is c1ccc([Se+]2CC2)cc1. The van der Waals surface area contributed by atoms with Gasteiger partial charge in [0.1, 0.15) is 0 Å². The van der Waals surface area contributed by atoms with Crippen molar-refractivity contribution in [2.75, 3.05) is 0 Å². The van der Waals surface area contributed by atoms with Crippen LogP contribution in [0.1, 0.15) is 0 Å². The Morgan fingerprint density at radius 2 is 1.67 bits per heavy atom. The number of benzene rings is 1. The van der Waals surface area contributed by atoms with Crippen molar-refractivity contribution in [3.63, 3.8) is 0 Å². The number of rotatable bonds is 1. The second-order valence-corrected chi connectivity index (χ2v) is 6.98. The Morgan fingerprint density at radius 3 is 2.22 bits per heavy atom. The standard InChI is InChI=1S/C8H9Se/c1-2-4-8(5-3-1)9-6-7-9/h1-5H,6-7H2/q+1. The second-order valence-electron chi connectivity index (χ2n) is 2.21. The van der Waals surface area contributed by atoms with Crippen LogP contribution < -0.4 is 4.46 Å². The Kier molecular flexibility index (Phi) is 1.33. The molecule has 1 aromatic carbocycles. The fourth-order valence-electron chi connectivity index (χ4n) is 0.890. The Labute approximate surface area is 59.8 Å². The van der Waals surface area contributed by atoms with Gasteiger partial charge in [-0.25, -0.2) is 0 Å². The molecule has 0 aromatic heterocycles. The molecule has 0 spiro atoms. The van der Waals surface area contributed by atoms with E-state index in [-0.39, 0.29) is 13.9 Å². The van der Waals surface area contributed by atoms with Gasteiger partial charge in [0.2, 0.25) is 0 Å². The summed E-state index contributed by atoms with van der Waals surface area (Å²) in [6.07, 6.45) is 0. The zero-order chi connectivity index (χ0) is 6.10. The minimum atomic E-state index is -0.160. The van der Waals surface area contributed by atoms with Gasteiger partial charge in [-0.1, -0.05) is 0 Å². The molecule has 0 unspecified atom stereocenters. The number of hydrogen-bond acceptors (Lipinski definition) is 0. The maximum atomic E-state index is 2.28. The molecule has 0 aliphatic carbocycles. The third-order valence-corrected chi connectivity index (χ3v) is 5.17. The Morgan fingerprint density at radius 1 is 1.00 bits per heavy atom. The van der Waals surface area contributed by atoms with Crippen molar-refractivity contribution in [3.8, 4) is 0 Å². The van der Waals surface area contributed by atoms with E-state index in [0.717, 1.165) is 0 Å². The van der Waals surface area contributed by atoms with Gasteiger partial charge in [-0.15, -0.1) is 0 Å². The van der Waals surface area contributed by atoms with Gasteiger partial charge < -0.3 is 0 Å². The first-order valence-electron chi connectivity index (χ1n) is 3.19. The van der Waals surface area contributed by atoms with Crippen molar-refractivity contribution in [1.82, 2.24) is 0 Å². The molecule has 0 radical (unpaired) electrons. The molecule has 0 saturated carbocycles. The molecule has 1 heteroatoms. The van der Waals surface area contributed by atoms with E-state index in [9.17, 15) is 0 Å². The molecule has 1 aliphatic heterocycles. The van der Waals surface area contributed by atoms with E-state index >= 15 is 0 Å². The van der Waals surface area contributed by atoms with Gasteiger partial charge in [-0.05, 0) is 0 Å². The second kappa shape index (κ2) is 2.17. The van der Waals surface area contributed by atoms with Crippen molar-refractivity contribution in [2.45, 2.75) is 10.6 Å². The molecular weight excluding hydrogens is 175 g/mol. The first-order chi connectivity index (χ1) is 4.47. The Balaban J connectivity index is 2.29. The first-order valence-corrected chi connectivity index (χ1v) is 6.47. The van der Waals surface area contributed by atoms with Gasteiger partial charge in [0.25, 0.3) is 0 Å². The zero-order valence-corrected chi connectivity index (χ0v) is 6.92.